The molecule has 0 radical (unpaired) electrons. The minimum absolute atomic E-state index is 0.273. The van der Waals surface area contributed by atoms with Crippen molar-refractivity contribution in [3.8, 4) is 0 Å². The largest absolute Gasteiger partial charge is 0.480 e. The summed E-state index contributed by atoms with van der Waals surface area (Å²) in [5.74, 6) is -1.25. The first-order valence-corrected chi connectivity index (χ1v) is 7.32. The van der Waals surface area contributed by atoms with Gasteiger partial charge in [-0.1, -0.05) is 50.1 Å². The molecule has 0 aromatic heterocycles. The van der Waals surface area contributed by atoms with Crippen LogP contribution >= 0.6 is 0 Å². The summed E-state index contributed by atoms with van der Waals surface area (Å²) in [6, 6.07) is 8.40. The molecule has 0 fully saturated rings. The molecule has 1 aromatic rings. The first-order valence-electron chi connectivity index (χ1n) is 7.32. The first-order chi connectivity index (χ1) is 10.1. The predicted molar refractivity (Wildman–Crippen MR) is 82.1 cm³/mol. The lowest BCUT2D eigenvalue weighted by Gasteiger charge is -2.20. The quantitative estimate of drug-likeness (QED) is 0.645. The van der Waals surface area contributed by atoms with E-state index < -0.39 is 18.1 Å². The summed E-state index contributed by atoms with van der Waals surface area (Å²) in [7, 11) is 1.70. The third-order valence-electron chi connectivity index (χ3n) is 3.41. The van der Waals surface area contributed by atoms with Crippen LogP contribution in [0.5, 0.6) is 0 Å². The molecule has 2 atom stereocenters. The highest BCUT2D eigenvalue weighted by Gasteiger charge is 2.24. The fraction of sp³-hybridized carbons (Fsp3) is 0.500. The van der Waals surface area contributed by atoms with Crippen molar-refractivity contribution in [2.45, 2.75) is 44.7 Å². The fourth-order valence-electron chi connectivity index (χ4n) is 2.11. The molecule has 0 unspecified atom stereocenters. The molecule has 0 saturated carbocycles. The molecule has 0 aliphatic heterocycles. The number of likely N-dealkylation sites (N-methyl/N-ethyl adjacent to an activating group) is 1. The summed E-state index contributed by atoms with van der Waals surface area (Å²) >= 11 is 0. The molecule has 0 bridgehead atoms. The van der Waals surface area contributed by atoms with Gasteiger partial charge in [0.2, 0.25) is 5.91 Å². The van der Waals surface area contributed by atoms with Gasteiger partial charge in [0.1, 0.15) is 6.04 Å². The number of rotatable bonds is 9. The average molecular weight is 292 g/mol. The Morgan fingerprint density at radius 2 is 1.86 bits per heavy atom. The maximum Gasteiger partial charge on any atom is 0.326 e. The number of hydrogen-bond acceptors (Lipinski definition) is 3. The van der Waals surface area contributed by atoms with E-state index >= 15 is 0 Å². The molecular weight excluding hydrogens is 268 g/mol. The van der Waals surface area contributed by atoms with Crippen molar-refractivity contribution in [2.75, 3.05) is 7.05 Å². The molecule has 116 valence electrons. The zero-order chi connectivity index (χ0) is 15.7. The Labute approximate surface area is 125 Å². The number of carboxylic acids is 1. The predicted octanol–water partition coefficient (Wildman–Crippen LogP) is 1.58. The standard InChI is InChI=1S/C16H24N2O3/c1-3-4-10-13(16(20)21)18-15(19)14(17-2)11-12-8-6-5-7-9-12/h5-9,13-14,17H,3-4,10-11H2,1-2H3,(H,18,19)(H,20,21)/t13-,14-/m0/s1. The number of carboxylic acid groups (broad SMARTS) is 1. The average Bonchev–Trinajstić information content (AvgIpc) is 2.49. The Morgan fingerprint density at radius 3 is 2.38 bits per heavy atom. The van der Waals surface area contributed by atoms with Gasteiger partial charge in [0.25, 0.3) is 0 Å². The third kappa shape index (κ3) is 5.95. The minimum atomic E-state index is -0.980. The zero-order valence-corrected chi connectivity index (χ0v) is 12.6. The highest BCUT2D eigenvalue weighted by atomic mass is 16.4. The number of carbonyl (C=O) groups excluding carboxylic acids is 1. The molecule has 0 saturated heterocycles. The third-order valence-corrected chi connectivity index (χ3v) is 3.41. The second kappa shape index (κ2) is 9.13. The van der Waals surface area contributed by atoms with E-state index in [9.17, 15) is 9.59 Å². The highest BCUT2D eigenvalue weighted by Crippen LogP contribution is 2.05. The molecule has 1 aromatic carbocycles. The summed E-state index contributed by atoms with van der Waals surface area (Å²) < 4.78 is 0. The summed E-state index contributed by atoms with van der Waals surface area (Å²) in [5.41, 5.74) is 1.03. The second-order valence-corrected chi connectivity index (χ2v) is 5.07. The highest BCUT2D eigenvalue weighted by molar-refractivity contribution is 5.87. The Bertz CT molecular complexity index is 448. The van der Waals surface area contributed by atoms with Crippen LogP contribution in [0.4, 0.5) is 0 Å². The number of amides is 1. The monoisotopic (exact) mass is 292 g/mol. The van der Waals surface area contributed by atoms with Crippen LogP contribution in [0.3, 0.4) is 0 Å². The van der Waals surface area contributed by atoms with E-state index in [0.29, 0.717) is 12.8 Å². The lowest BCUT2D eigenvalue weighted by atomic mass is 10.0. The maximum absolute atomic E-state index is 12.2. The summed E-state index contributed by atoms with van der Waals surface area (Å²) in [6.45, 7) is 1.99. The topological polar surface area (TPSA) is 78.4 Å². The van der Waals surface area contributed by atoms with Crippen molar-refractivity contribution < 1.29 is 14.7 Å². The molecule has 3 N–H and O–H groups in total. The van der Waals surface area contributed by atoms with Gasteiger partial charge in [-0.3, -0.25) is 4.79 Å². The number of nitrogens with one attached hydrogen (secondary N) is 2. The van der Waals surface area contributed by atoms with E-state index in [1.54, 1.807) is 7.05 Å². The molecule has 1 amide bonds. The van der Waals surface area contributed by atoms with Gasteiger partial charge >= 0.3 is 5.97 Å². The van der Waals surface area contributed by atoms with Gasteiger partial charge in [-0.15, -0.1) is 0 Å². The molecule has 0 spiro atoms. The number of aliphatic carboxylic acids is 1. The van der Waals surface area contributed by atoms with Crippen molar-refractivity contribution in [1.29, 1.82) is 0 Å². The zero-order valence-electron chi connectivity index (χ0n) is 12.6. The Hall–Kier alpha value is -1.88. The Balaban J connectivity index is 2.62. The van der Waals surface area contributed by atoms with Crippen molar-refractivity contribution in [3.05, 3.63) is 35.9 Å². The van der Waals surface area contributed by atoms with Crippen LogP contribution in [0.15, 0.2) is 30.3 Å². The number of carbonyl (C=O) groups is 2. The number of unbranched alkanes of at least 4 members (excludes halogenated alkanes) is 1. The van der Waals surface area contributed by atoms with Gasteiger partial charge in [-0.05, 0) is 25.5 Å². The molecular formula is C16H24N2O3. The lowest BCUT2D eigenvalue weighted by molar-refractivity contribution is -0.142. The molecule has 0 heterocycles. The minimum Gasteiger partial charge on any atom is -0.480 e. The van der Waals surface area contributed by atoms with Gasteiger partial charge in [0.05, 0.1) is 6.04 Å². The lowest BCUT2D eigenvalue weighted by Crippen LogP contribution is -2.50. The van der Waals surface area contributed by atoms with Gasteiger partial charge in [0, 0.05) is 0 Å². The maximum atomic E-state index is 12.2. The van der Waals surface area contributed by atoms with Gasteiger partial charge in [-0.2, -0.15) is 0 Å². The SMILES string of the molecule is CCCC[C@H](NC(=O)[C@H](Cc1ccccc1)NC)C(=O)O. The van der Waals surface area contributed by atoms with Gasteiger partial charge in [-0.25, -0.2) is 4.79 Å². The molecule has 0 aliphatic carbocycles. The van der Waals surface area contributed by atoms with E-state index in [-0.39, 0.29) is 5.91 Å². The normalized spacial score (nSPS) is 13.4. The smallest absolute Gasteiger partial charge is 0.326 e. The van der Waals surface area contributed by atoms with Crippen LogP contribution in [-0.4, -0.2) is 36.1 Å². The molecule has 21 heavy (non-hydrogen) atoms. The Morgan fingerprint density at radius 1 is 1.19 bits per heavy atom. The van der Waals surface area contributed by atoms with Crippen LogP contribution in [0.2, 0.25) is 0 Å². The van der Waals surface area contributed by atoms with Crippen LogP contribution in [0, 0.1) is 0 Å². The number of hydrogen-bond donors (Lipinski definition) is 3. The van der Waals surface area contributed by atoms with E-state index in [0.717, 1.165) is 18.4 Å². The summed E-state index contributed by atoms with van der Waals surface area (Å²) in [6.07, 6.45) is 2.67. The van der Waals surface area contributed by atoms with Crippen LogP contribution < -0.4 is 10.6 Å². The van der Waals surface area contributed by atoms with E-state index in [1.165, 1.54) is 0 Å². The molecule has 5 nitrogen and oxygen atoms in total. The van der Waals surface area contributed by atoms with E-state index in [4.69, 9.17) is 5.11 Å². The van der Waals surface area contributed by atoms with Crippen LogP contribution in [0.25, 0.3) is 0 Å². The van der Waals surface area contributed by atoms with Crippen molar-refractivity contribution in [3.63, 3.8) is 0 Å². The van der Waals surface area contributed by atoms with Gasteiger partial charge < -0.3 is 15.7 Å². The molecule has 1 rings (SSSR count). The second-order valence-electron chi connectivity index (χ2n) is 5.07. The van der Waals surface area contributed by atoms with Crippen LogP contribution in [-0.2, 0) is 16.0 Å². The van der Waals surface area contributed by atoms with Crippen LogP contribution in [0.1, 0.15) is 31.7 Å². The van der Waals surface area contributed by atoms with E-state index in [1.807, 2.05) is 37.3 Å². The van der Waals surface area contributed by atoms with Crippen molar-refractivity contribution in [2.24, 2.45) is 0 Å². The first kappa shape index (κ1) is 17.2. The fourth-order valence-corrected chi connectivity index (χ4v) is 2.11. The Kier molecular flexibility index (Phi) is 7.46. The summed E-state index contributed by atoms with van der Waals surface area (Å²) in [5, 5.41) is 14.7. The molecule has 5 heteroatoms. The van der Waals surface area contributed by atoms with Gasteiger partial charge in [0.15, 0.2) is 0 Å². The van der Waals surface area contributed by atoms with Crippen molar-refractivity contribution >= 4 is 11.9 Å². The summed E-state index contributed by atoms with van der Waals surface area (Å²) in [4.78, 5) is 23.4. The van der Waals surface area contributed by atoms with E-state index in [2.05, 4.69) is 10.6 Å². The number of benzene rings is 1. The van der Waals surface area contributed by atoms with Crippen molar-refractivity contribution in [1.82, 2.24) is 10.6 Å². The molecule has 0 aliphatic rings.